The van der Waals surface area contributed by atoms with Gasteiger partial charge in [0.15, 0.2) is 0 Å². The third-order valence-corrected chi connectivity index (χ3v) is 6.10. The molecule has 0 aliphatic carbocycles. The monoisotopic (exact) mass is 477 g/mol. The molecule has 8 nitrogen and oxygen atoms in total. The minimum atomic E-state index is -3.70. The van der Waals surface area contributed by atoms with Crippen molar-refractivity contribution in [1.29, 1.82) is 0 Å². The lowest BCUT2D eigenvalue weighted by Crippen LogP contribution is -2.33. The quantitative estimate of drug-likeness (QED) is 0.575. The third-order valence-electron chi connectivity index (χ3n) is 5.51. The lowest BCUT2D eigenvalue weighted by molar-refractivity contribution is -0.129. The Hall–Kier alpha value is -3.14. The van der Waals surface area contributed by atoms with Gasteiger partial charge in [0.05, 0.1) is 31.0 Å². The van der Waals surface area contributed by atoms with Crippen LogP contribution in [0.2, 0.25) is 0 Å². The molecule has 1 saturated heterocycles. The van der Waals surface area contributed by atoms with Crippen LogP contribution in [0.25, 0.3) is 0 Å². The van der Waals surface area contributed by atoms with E-state index in [1.165, 1.54) is 12.1 Å². The van der Waals surface area contributed by atoms with Gasteiger partial charge in [0.25, 0.3) is 0 Å². The van der Waals surface area contributed by atoms with E-state index in [2.05, 4.69) is 10.0 Å². The van der Waals surface area contributed by atoms with E-state index < -0.39 is 33.7 Å². The molecule has 1 fully saturated rings. The molecule has 2 aromatic rings. The topological polar surface area (TPSA) is 105 Å². The molecule has 2 N–H and O–H groups in total. The Morgan fingerprint density at radius 3 is 2.52 bits per heavy atom. The van der Waals surface area contributed by atoms with Gasteiger partial charge in [-0.25, -0.2) is 12.8 Å². The van der Waals surface area contributed by atoms with Crippen molar-refractivity contribution in [2.45, 2.75) is 32.2 Å². The number of sulfonamides is 1. The largest absolute Gasteiger partial charge is 0.497 e. The zero-order chi connectivity index (χ0) is 24.2. The number of carbonyl (C=O) groups is 2. The maximum Gasteiger partial charge on any atom is 0.230 e. The van der Waals surface area contributed by atoms with E-state index >= 15 is 0 Å². The number of halogens is 1. The van der Waals surface area contributed by atoms with Crippen LogP contribution in [0.4, 0.5) is 15.8 Å². The fourth-order valence-electron chi connectivity index (χ4n) is 3.95. The first-order valence-electron chi connectivity index (χ1n) is 10.6. The van der Waals surface area contributed by atoms with Gasteiger partial charge >= 0.3 is 0 Å². The molecule has 0 aromatic heterocycles. The molecule has 1 aliphatic heterocycles. The van der Waals surface area contributed by atoms with Gasteiger partial charge in [-0.05, 0) is 42.3 Å². The normalized spacial score (nSPS) is 18.3. The first-order chi connectivity index (χ1) is 15.6. The van der Waals surface area contributed by atoms with E-state index in [1.54, 1.807) is 24.1 Å². The fourth-order valence-corrected chi connectivity index (χ4v) is 4.50. The smallest absolute Gasteiger partial charge is 0.230 e. The number of hydrogen-bond donors (Lipinski definition) is 2. The molecule has 2 aromatic carbocycles. The summed E-state index contributed by atoms with van der Waals surface area (Å²) in [7, 11) is -2.14. The van der Waals surface area contributed by atoms with E-state index in [0.29, 0.717) is 12.3 Å². The summed E-state index contributed by atoms with van der Waals surface area (Å²) < 4.78 is 44.3. The molecule has 1 aliphatic rings. The number of ether oxygens (including phenoxy) is 1. The van der Waals surface area contributed by atoms with Gasteiger partial charge in [-0.15, -0.1) is 0 Å². The number of anilines is 2. The van der Waals surface area contributed by atoms with E-state index in [9.17, 15) is 22.4 Å². The number of carbonyl (C=O) groups excluding carboxylic acids is 2. The predicted octanol–water partition coefficient (Wildman–Crippen LogP) is 3.53. The van der Waals surface area contributed by atoms with Crippen LogP contribution in [0.15, 0.2) is 42.5 Å². The summed E-state index contributed by atoms with van der Waals surface area (Å²) in [4.78, 5) is 27.8. The zero-order valence-electron chi connectivity index (χ0n) is 18.8. The average molecular weight is 478 g/mol. The number of hydrogen-bond acceptors (Lipinski definition) is 5. The number of unbranched alkanes of at least 4 members (excludes halogenated alkanes) is 1. The molecule has 0 radical (unpaired) electrons. The van der Waals surface area contributed by atoms with Crippen LogP contribution < -0.4 is 14.8 Å². The van der Waals surface area contributed by atoms with Crippen LogP contribution in [0.5, 0.6) is 5.75 Å². The second-order valence-electron chi connectivity index (χ2n) is 8.03. The summed E-state index contributed by atoms with van der Waals surface area (Å²) in [5.74, 6) is -1.28. The number of amides is 2. The highest BCUT2D eigenvalue weighted by Crippen LogP contribution is 2.39. The van der Waals surface area contributed by atoms with Gasteiger partial charge in [0.1, 0.15) is 11.6 Å². The Kier molecular flexibility index (Phi) is 7.57. The highest BCUT2D eigenvalue weighted by Gasteiger charge is 2.44. The van der Waals surface area contributed by atoms with Crippen LogP contribution in [0, 0.1) is 11.7 Å². The molecule has 178 valence electrons. The molecule has 0 saturated carbocycles. The van der Waals surface area contributed by atoms with Crippen molar-refractivity contribution in [3.63, 3.8) is 0 Å². The average Bonchev–Trinajstić information content (AvgIpc) is 3.10. The minimum Gasteiger partial charge on any atom is -0.497 e. The zero-order valence-corrected chi connectivity index (χ0v) is 19.6. The summed E-state index contributed by atoms with van der Waals surface area (Å²) in [5, 5.41) is 2.71. The van der Waals surface area contributed by atoms with Crippen molar-refractivity contribution < 1.29 is 27.1 Å². The second-order valence-corrected chi connectivity index (χ2v) is 9.78. The van der Waals surface area contributed by atoms with Gasteiger partial charge in [0, 0.05) is 18.7 Å². The van der Waals surface area contributed by atoms with Crippen molar-refractivity contribution >= 4 is 33.2 Å². The Labute approximate surface area is 193 Å². The van der Waals surface area contributed by atoms with Crippen molar-refractivity contribution in [1.82, 2.24) is 4.90 Å². The van der Waals surface area contributed by atoms with Crippen LogP contribution in [-0.4, -0.2) is 45.0 Å². The third kappa shape index (κ3) is 6.01. The van der Waals surface area contributed by atoms with E-state index in [0.717, 1.165) is 30.7 Å². The van der Waals surface area contributed by atoms with Gasteiger partial charge < -0.3 is 15.0 Å². The second kappa shape index (κ2) is 10.2. The number of likely N-dealkylation sites (tertiary alicyclic amines) is 1. The number of nitrogens with one attached hydrogen (secondary N) is 2. The van der Waals surface area contributed by atoms with Crippen LogP contribution in [0.1, 0.15) is 37.8 Å². The summed E-state index contributed by atoms with van der Waals surface area (Å²) in [5.41, 5.74) is 0.769. The number of rotatable bonds is 9. The highest BCUT2D eigenvalue weighted by atomic mass is 32.2. The predicted molar refractivity (Wildman–Crippen MR) is 124 cm³/mol. The van der Waals surface area contributed by atoms with Gasteiger partial charge in [-0.1, -0.05) is 25.5 Å². The highest BCUT2D eigenvalue weighted by molar-refractivity contribution is 7.92. The maximum atomic E-state index is 14.0. The fraction of sp³-hybridized carbons (Fsp3) is 0.391. The van der Waals surface area contributed by atoms with E-state index in [1.807, 2.05) is 19.1 Å². The standard InChI is InChI=1S/C23H28FN3O5S/c1-4-5-12-27-21(28)14-18(22(27)15-6-9-17(32-2)10-7-15)23(29)25-16-8-11-19(24)20(13-16)26-33(3,30)31/h6-11,13,18,22,26H,4-5,12,14H2,1-3H3,(H,25,29). The van der Waals surface area contributed by atoms with E-state index in [4.69, 9.17) is 4.74 Å². The van der Waals surface area contributed by atoms with Crippen molar-refractivity contribution in [2.24, 2.45) is 5.92 Å². The molecule has 33 heavy (non-hydrogen) atoms. The summed E-state index contributed by atoms with van der Waals surface area (Å²) in [6.45, 7) is 2.57. The van der Waals surface area contributed by atoms with Crippen molar-refractivity contribution in [2.75, 3.05) is 29.9 Å². The Morgan fingerprint density at radius 1 is 1.21 bits per heavy atom. The Morgan fingerprint density at radius 2 is 1.91 bits per heavy atom. The maximum absolute atomic E-state index is 14.0. The molecule has 2 unspecified atom stereocenters. The van der Waals surface area contributed by atoms with Crippen LogP contribution in [0.3, 0.4) is 0 Å². The molecule has 0 spiro atoms. The number of nitrogens with zero attached hydrogens (tertiary/aromatic N) is 1. The van der Waals surface area contributed by atoms with Crippen molar-refractivity contribution in [3.05, 3.63) is 53.8 Å². The molecule has 1 heterocycles. The lowest BCUT2D eigenvalue weighted by atomic mass is 9.92. The van der Waals surface area contributed by atoms with Gasteiger partial charge in [0.2, 0.25) is 21.8 Å². The summed E-state index contributed by atoms with van der Waals surface area (Å²) in [6.07, 6.45) is 2.67. The molecule has 3 rings (SSSR count). The minimum absolute atomic E-state index is 0.0435. The molecule has 2 amide bonds. The molecular formula is C23H28FN3O5S. The molecule has 0 bridgehead atoms. The van der Waals surface area contributed by atoms with Crippen molar-refractivity contribution in [3.8, 4) is 5.75 Å². The summed E-state index contributed by atoms with van der Waals surface area (Å²) >= 11 is 0. The SMILES string of the molecule is CCCCN1C(=O)CC(C(=O)Nc2ccc(F)c(NS(C)(=O)=O)c2)C1c1ccc(OC)cc1. The lowest BCUT2D eigenvalue weighted by Gasteiger charge is -2.28. The number of methoxy groups -OCH3 is 1. The van der Waals surface area contributed by atoms with Crippen LogP contribution >= 0.6 is 0 Å². The van der Waals surface area contributed by atoms with Crippen LogP contribution in [-0.2, 0) is 19.6 Å². The van der Waals surface area contributed by atoms with Gasteiger partial charge in [-0.3, -0.25) is 14.3 Å². The summed E-state index contributed by atoms with van der Waals surface area (Å²) in [6, 6.07) is 10.4. The van der Waals surface area contributed by atoms with E-state index in [-0.39, 0.29) is 23.7 Å². The molecular weight excluding hydrogens is 449 g/mol. The molecule has 10 heteroatoms. The first kappa shape index (κ1) is 24.5. The Balaban J connectivity index is 1.88. The van der Waals surface area contributed by atoms with Gasteiger partial charge in [-0.2, -0.15) is 0 Å². The first-order valence-corrected chi connectivity index (χ1v) is 12.5. The number of benzene rings is 2. The molecule has 2 atom stereocenters. The Bertz CT molecular complexity index is 1120.